The lowest BCUT2D eigenvalue weighted by Gasteiger charge is -2.22. The number of carbonyl (C=O) groups is 1. The predicted octanol–water partition coefficient (Wildman–Crippen LogP) is 3.59. The van der Waals surface area contributed by atoms with Crippen molar-refractivity contribution in [2.45, 2.75) is 23.3 Å². The number of hydrogen-bond donors (Lipinski definition) is 2. The molecule has 0 aliphatic rings. The van der Waals surface area contributed by atoms with E-state index in [4.69, 9.17) is 23.2 Å². The third kappa shape index (κ3) is 7.76. The van der Waals surface area contributed by atoms with Crippen LogP contribution in [0.5, 0.6) is 0 Å². The van der Waals surface area contributed by atoms with Crippen molar-refractivity contribution >= 4 is 49.2 Å². The first kappa shape index (κ1) is 28.1. The smallest absolute Gasteiger partial charge is 0.243 e. The Morgan fingerprint density at radius 3 is 1.89 bits per heavy atom. The lowest BCUT2D eigenvalue weighted by Crippen LogP contribution is -2.42. The summed E-state index contributed by atoms with van der Waals surface area (Å²) < 4.78 is 54.7. The van der Waals surface area contributed by atoms with Gasteiger partial charge in [0.15, 0.2) is 0 Å². The van der Waals surface area contributed by atoms with Crippen LogP contribution in [0.1, 0.15) is 11.1 Å². The minimum atomic E-state index is -4.05. The number of benzene rings is 3. The molecule has 8 nitrogen and oxygen atoms in total. The van der Waals surface area contributed by atoms with E-state index >= 15 is 0 Å². The van der Waals surface area contributed by atoms with E-state index < -0.39 is 32.5 Å². The highest BCUT2D eigenvalue weighted by Crippen LogP contribution is 2.21. The van der Waals surface area contributed by atoms with Gasteiger partial charge >= 0.3 is 0 Å². The first-order chi connectivity index (χ1) is 17.0. The molecule has 0 radical (unpaired) electrons. The summed E-state index contributed by atoms with van der Waals surface area (Å²) in [5.74, 6) is -0.587. The SMILES string of the molecule is Cc1ccc(S(=O)(=O)NCCNC(=O)CN(Cc2ccc(Cl)cc2)S(=O)(=O)c2ccc(Cl)cc2)cc1. The molecule has 0 heterocycles. The van der Waals surface area contributed by atoms with E-state index in [2.05, 4.69) is 10.0 Å². The molecule has 2 N–H and O–H groups in total. The zero-order chi connectivity index (χ0) is 26.3. The van der Waals surface area contributed by atoms with Gasteiger partial charge in [0, 0.05) is 29.7 Å². The lowest BCUT2D eigenvalue weighted by molar-refractivity contribution is -0.121. The van der Waals surface area contributed by atoms with E-state index in [1.54, 1.807) is 36.4 Å². The summed E-state index contributed by atoms with van der Waals surface area (Å²) in [6.07, 6.45) is 0. The molecule has 0 spiro atoms. The van der Waals surface area contributed by atoms with Crippen LogP contribution in [-0.4, -0.2) is 46.7 Å². The Balaban J connectivity index is 1.66. The molecule has 12 heteroatoms. The van der Waals surface area contributed by atoms with Crippen LogP contribution in [0, 0.1) is 6.92 Å². The minimum absolute atomic E-state index is 0.0143. The van der Waals surface area contributed by atoms with Gasteiger partial charge in [0.25, 0.3) is 0 Å². The summed E-state index contributed by atoms with van der Waals surface area (Å²) in [6.45, 7) is 1.21. The van der Waals surface area contributed by atoms with E-state index in [0.717, 1.165) is 9.87 Å². The average molecular weight is 571 g/mol. The number of amides is 1. The van der Waals surface area contributed by atoms with Gasteiger partial charge in [-0.15, -0.1) is 0 Å². The van der Waals surface area contributed by atoms with Crippen LogP contribution in [-0.2, 0) is 31.4 Å². The van der Waals surface area contributed by atoms with Gasteiger partial charge in [-0.1, -0.05) is 53.0 Å². The summed E-state index contributed by atoms with van der Waals surface area (Å²) in [6, 6.07) is 18.6. The number of nitrogens with zero attached hydrogens (tertiary/aromatic N) is 1. The molecule has 0 unspecified atom stereocenters. The average Bonchev–Trinajstić information content (AvgIpc) is 2.83. The van der Waals surface area contributed by atoms with Gasteiger partial charge in [0.05, 0.1) is 16.3 Å². The number of hydrogen-bond acceptors (Lipinski definition) is 5. The summed E-state index contributed by atoms with van der Waals surface area (Å²) in [7, 11) is -7.78. The molecule has 0 aromatic heterocycles. The van der Waals surface area contributed by atoms with Crippen molar-refractivity contribution in [2.75, 3.05) is 19.6 Å². The maximum Gasteiger partial charge on any atom is 0.243 e. The fourth-order valence-electron chi connectivity index (χ4n) is 3.18. The Morgan fingerprint density at radius 1 is 0.778 bits per heavy atom. The topological polar surface area (TPSA) is 113 Å². The Bertz CT molecular complexity index is 1400. The van der Waals surface area contributed by atoms with Gasteiger partial charge in [-0.3, -0.25) is 4.79 Å². The van der Waals surface area contributed by atoms with Crippen LogP contribution in [0.15, 0.2) is 82.6 Å². The Kier molecular flexibility index (Phi) is 9.51. The van der Waals surface area contributed by atoms with E-state index in [1.165, 1.54) is 36.4 Å². The quantitative estimate of drug-likeness (QED) is 0.343. The number of carbonyl (C=O) groups excluding carboxylic acids is 1. The minimum Gasteiger partial charge on any atom is -0.354 e. The molecule has 0 bridgehead atoms. The summed E-state index contributed by atoms with van der Waals surface area (Å²) >= 11 is 11.8. The number of sulfonamides is 2. The number of rotatable bonds is 11. The number of halogens is 2. The monoisotopic (exact) mass is 569 g/mol. The Morgan fingerprint density at radius 2 is 1.31 bits per heavy atom. The van der Waals surface area contributed by atoms with E-state index in [-0.39, 0.29) is 29.4 Å². The van der Waals surface area contributed by atoms with Crippen LogP contribution >= 0.6 is 23.2 Å². The zero-order valence-corrected chi connectivity index (χ0v) is 22.5. The van der Waals surface area contributed by atoms with Crippen LogP contribution in [0.3, 0.4) is 0 Å². The molecule has 0 aliphatic carbocycles. The normalized spacial score (nSPS) is 12.0. The van der Waals surface area contributed by atoms with Crippen molar-refractivity contribution in [1.29, 1.82) is 0 Å². The van der Waals surface area contributed by atoms with Gasteiger partial charge in [0.2, 0.25) is 26.0 Å². The van der Waals surface area contributed by atoms with Crippen molar-refractivity contribution in [3.63, 3.8) is 0 Å². The van der Waals surface area contributed by atoms with Crippen molar-refractivity contribution in [2.24, 2.45) is 0 Å². The molecule has 1 amide bonds. The van der Waals surface area contributed by atoms with Crippen molar-refractivity contribution in [3.8, 4) is 0 Å². The summed E-state index contributed by atoms with van der Waals surface area (Å²) in [4.78, 5) is 12.7. The maximum absolute atomic E-state index is 13.3. The summed E-state index contributed by atoms with van der Waals surface area (Å²) in [5.41, 5.74) is 1.56. The number of nitrogens with one attached hydrogen (secondary N) is 2. The molecular weight excluding hydrogens is 545 g/mol. The molecule has 0 aliphatic heterocycles. The van der Waals surface area contributed by atoms with Gasteiger partial charge in [-0.05, 0) is 61.0 Å². The van der Waals surface area contributed by atoms with Crippen LogP contribution in [0.4, 0.5) is 0 Å². The van der Waals surface area contributed by atoms with Crippen molar-refractivity contribution < 1.29 is 21.6 Å². The van der Waals surface area contributed by atoms with Gasteiger partial charge in [-0.2, -0.15) is 4.31 Å². The Labute approximate surface area is 221 Å². The molecule has 3 rings (SSSR count). The Hall–Kier alpha value is -2.47. The van der Waals surface area contributed by atoms with Crippen molar-refractivity contribution in [3.05, 3.63) is 94.0 Å². The first-order valence-corrected chi connectivity index (χ1v) is 14.5. The molecule has 0 atom stereocenters. The molecule has 0 fully saturated rings. The highest BCUT2D eigenvalue weighted by Gasteiger charge is 2.27. The summed E-state index contributed by atoms with van der Waals surface area (Å²) in [5, 5.41) is 3.44. The van der Waals surface area contributed by atoms with Crippen LogP contribution < -0.4 is 10.0 Å². The second-order valence-electron chi connectivity index (χ2n) is 7.91. The second-order valence-corrected chi connectivity index (χ2v) is 12.5. The molecular formula is C24H25Cl2N3O5S2. The second kappa shape index (κ2) is 12.2. The number of aryl methyl sites for hydroxylation is 1. The molecule has 36 heavy (non-hydrogen) atoms. The predicted molar refractivity (Wildman–Crippen MR) is 140 cm³/mol. The van der Waals surface area contributed by atoms with Gasteiger partial charge in [-0.25, -0.2) is 21.6 Å². The van der Waals surface area contributed by atoms with Crippen molar-refractivity contribution in [1.82, 2.24) is 14.3 Å². The van der Waals surface area contributed by atoms with Gasteiger partial charge in [0.1, 0.15) is 0 Å². The fraction of sp³-hybridized carbons (Fsp3) is 0.208. The third-order valence-corrected chi connectivity index (χ3v) is 8.90. The van der Waals surface area contributed by atoms with E-state index in [9.17, 15) is 21.6 Å². The molecule has 0 saturated heterocycles. The molecule has 3 aromatic rings. The molecule has 192 valence electrons. The highest BCUT2D eigenvalue weighted by atomic mass is 35.5. The van der Waals surface area contributed by atoms with Crippen LogP contribution in [0.25, 0.3) is 0 Å². The largest absolute Gasteiger partial charge is 0.354 e. The first-order valence-electron chi connectivity index (χ1n) is 10.8. The maximum atomic E-state index is 13.3. The highest BCUT2D eigenvalue weighted by molar-refractivity contribution is 7.89. The van der Waals surface area contributed by atoms with E-state index in [0.29, 0.717) is 15.6 Å². The lowest BCUT2D eigenvalue weighted by atomic mass is 10.2. The van der Waals surface area contributed by atoms with E-state index in [1.807, 2.05) is 6.92 Å². The van der Waals surface area contributed by atoms with Gasteiger partial charge < -0.3 is 5.32 Å². The fourth-order valence-corrected chi connectivity index (χ4v) is 5.85. The third-order valence-electron chi connectivity index (χ3n) is 5.11. The molecule has 0 saturated carbocycles. The zero-order valence-electron chi connectivity index (χ0n) is 19.3. The standard InChI is InChI=1S/C24H25Cl2N3O5S2/c1-18-2-10-22(11-3-18)35(31,32)28-15-14-27-24(30)17-29(16-19-4-6-20(25)7-5-19)36(33,34)23-12-8-21(26)9-13-23/h2-13,28H,14-17H2,1H3,(H,27,30). The molecule has 3 aromatic carbocycles. The van der Waals surface area contributed by atoms with Crippen LogP contribution in [0.2, 0.25) is 10.0 Å².